The number of alkyl halides is 1. The number of halogens is 1. The lowest BCUT2D eigenvalue weighted by molar-refractivity contribution is 0.524. The Hall–Kier alpha value is -0.490. The minimum Gasteiger partial charge on any atom is -0.127 e. The summed E-state index contributed by atoms with van der Waals surface area (Å²) < 4.78 is 0. The van der Waals surface area contributed by atoms with Crippen LogP contribution in [0, 0.1) is 11.8 Å². The second kappa shape index (κ2) is 3.00. The molecule has 1 aromatic rings. The molecule has 1 heteroatoms. The topological polar surface area (TPSA) is 0 Å². The first-order valence-corrected chi connectivity index (χ1v) is 6.04. The lowest BCUT2D eigenvalue weighted by atomic mass is 9.94. The molecule has 0 aromatic heterocycles. The maximum atomic E-state index is 5.73. The van der Waals surface area contributed by atoms with E-state index in [0.29, 0.717) is 5.41 Å². The minimum absolute atomic E-state index is 0.618. The molecule has 0 amide bonds. The van der Waals surface area contributed by atoms with Crippen molar-refractivity contribution in [1.82, 2.24) is 0 Å². The van der Waals surface area contributed by atoms with Crippen LogP contribution in [0.5, 0.6) is 0 Å². The molecule has 3 rings (SSSR count). The van der Waals surface area contributed by atoms with Gasteiger partial charge in [-0.25, -0.2) is 0 Å². The van der Waals surface area contributed by atoms with Crippen molar-refractivity contribution < 1.29 is 0 Å². The van der Waals surface area contributed by atoms with Gasteiger partial charge in [0.2, 0.25) is 0 Å². The first-order chi connectivity index (χ1) is 6.89. The van der Waals surface area contributed by atoms with E-state index in [4.69, 9.17) is 11.6 Å². The molecule has 14 heavy (non-hydrogen) atoms. The molecule has 2 saturated carbocycles. The number of hydrogen-bond acceptors (Lipinski definition) is 0. The van der Waals surface area contributed by atoms with Crippen LogP contribution in [-0.4, -0.2) is 5.88 Å². The van der Waals surface area contributed by atoms with Crippen molar-refractivity contribution in [1.29, 1.82) is 0 Å². The van der Waals surface area contributed by atoms with Gasteiger partial charge in [-0.1, -0.05) is 30.3 Å². The lowest BCUT2D eigenvalue weighted by Crippen LogP contribution is -2.03. The van der Waals surface area contributed by atoms with Crippen molar-refractivity contribution in [3.05, 3.63) is 35.9 Å². The van der Waals surface area contributed by atoms with E-state index in [-0.39, 0.29) is 0 Å². The zero-order valence-corrected chi connectivity index (χ0v) is 9.00. The van der Waals surface area contributed by atoms with Crippen LogP contribution in [0.2, 0.25) is 0 Å². The van der Waals surface area contributed by atoms with Crippen molar-refractivity contribution in [2.45, 2.75) is 24.7 Å². The molecule has 0 nitrogen and oxygen atoms in total. The van der Waals surface area contributed by atoms with Gasteiger partial charge in [0.25, 0.3) is 0 Å². The Bertz CT molecular complexity index is 332. The van der Waals surface area contributed by atoms with Crippen LogP contribution >= 0.6 is 11.6 Å². The van der Waals surface area contributed by atoms with Gasteiger partial charge >= 0.3 is 0 Å². The highest BCUT2D eigenvalue weighted by molar-refractivity contribution is 6.17. The molecule has 0 heterocycles. The standard InChI is InChI=1S/C13H15Cl/c14-8-4-7-11-12-9-13(11,12)10-5-2-1-3-6-10/h1-3,5-6,11-12H,4,7-9H2/t11-,12?,13+/m0/s1. The van der Waals surface area contributed by atoms with Gasteiger partial charge < -0.3 is 0 Å². The summed E-state index contributed by atoms with van der Waals surface area (Å²) in [5, 5.41) is 0. The third-order valence-electron chi connectivity index (χ3n) is 4.06. The van der Waals surface area contributed by atoms with Crippen LogP contribution in [0.25, 0.3) is 0 Å². The molecule has 0 radical (unpaired) electrons. The highest BCUT2D eigenvalue weighted by Gasteiger charge is 2.77. The van der Waals surface area contributed by atoms with Gasteiger partial charge in [0.05, 0.1) is 0 Å². The van der Waals surface area contributed by atoms with Crippen molar-refractivity contribution in [3.63, 3.8) is 0 Å². The Balaban J connectivity index is 1.71. The van der Waals surface area contributed by atoms with Gasteiger partial charge in [-0.2, -0.15) is 0 Å². The van der Waals surface area contributed by atoms with Crippen molar-refractivity contribution in [2.24, 2.45) is 11.8 Å². The van der Waals surface area contributed by atoms with Gasteiger partial charge in [0.1, 0.15) is 0 Å². The average molecular weight is 207 g/mol. The van der Waals surface area contributed by atoms with Crippen LogP contribution < -0.4 is 0 Å². The van der Waals surface area contributed by atoms with Crippen molar-refractivity contribution in [3.8, 4) is 0 Å². The molecule has 0 aliphatic heterocycles. The second-order valence-electron chi connectivity index (χ2n) is 4.65. The fourth-order valence-electron chi connectivity index (χ4n) is 3.09. The summed E-state index contributed by atoms with van der Waals surface area (Å²) in [6, 6.07) is 11.0. The fourth-order valence-corrected chi connectivity index (χ4v) is 3.25. The molecule has 2 aliphatic carbocycles. The molecule has 1 aromatic carbocycles. The van der Waals surface area contributed by atoms with E-state index in [2.05, 4.69) is 30.3 Å². The number of hydrogen-bond donors (Lipinski definition) is 0. The van der Waals surface area contributed by atoms with E-state index in [9.17, 15) is 0 Å². The average Bonchev–Trinajstić information content (AvgIpc) is 3.08. The molecular formula is C13H15Cl. The van der Waals surface area contributed by atoms with E-state index in [1.165, 1.54) is 19.3 Å². The summed E-state index contributed by atoms with van der Waals surface area (Å²) in [6.45, 7) is 0. The molecular weight excluding hydrogens is 192 g/mol. The van der Waals surface area contributed by atoms with Crippen LogP contribution in [0.4, 0.5) is 0 Å². The summed E-state index contributed by atoms with van der Waals surface area (Å²) in [5.74, 6) is 2.80. The molecule has 74 valence electrons. The Labute approximate surface area is 90.3 Å². The van der Waals surface area contributed by atoms with Gasteiger partial charge in [-0.3, -0.25) is 0 Å². The van der Waals surface area contributed by atoms with E-state index in [0.717, 1.165) is 17.7 Å². The fraction of sp³-hybridized carbons (Fsp3) is 0.538. The normalized spacial score (nSPS) is 37.8. The third-order valence-corrected chi connectivity index (χ3v) is 4.32. The van der Waals surface area contributed by atoms with Crippen LogP contribution in [0.1, 0.15) is 24.8 Å². The first kappa shape index (κ1) is 8.79. The zero-order valence-electron chi connectivity index (χ0n) is 8.25. The van der Waals surface area contributed by atoms with Gasteiger partial charge in [-0.15, -0.1) is 11.6 Å². The molecule has 0 spiro atoms. The summed E-state index contributed by atoms with van der Waals surface area (Å²) >= 11 is 5.73. The van der Waals surface area contributed by atoms with Crippen molar-refractivity contribution >= 4 is 11.6 Å². The third kappa shape index (κ3) is 1.07. The Kier molecular flexibility index (Phi) is 1.88. The summed E-state index contributed by atoms with van der Waals surface area (Å²) in [4.78, 5) is 0. The molecule has 0 N–H and O–H groups in total. The maximum Gasteiger partial charge on any atom is 0.0223 e. The number of benzene rings is 1. The molecule has 0 saturated heterocycles. The lowest BCUT2D eigenvalue weighted by Gasteiger charge is -2.11. The van der Waals surface area contributed by atoms with E-state index in [1.54, 1.807) is 5.56 Å². The smallest absolute Gasteiger partial charge is 0.0223 e. The molecule has 0 bridgehead atoms. The predicted octanol–water partition coefficient (Wildman–Crippen LogP) is 3.59. The SMILES string of the molecule is ClCCC[C@H]1C2C[C@]21c1ccccc1. The van der Waals surface area contributed by atoms with E-state index < -0.39 is 0 Å². The highest BCUT2D eigenvalue weighted by Crippen LogP contribution is 2.81. The largest absolute Gasteiger partial charge is 0.127 e. The minimum atomic E-state index is 0.618. The first-order valence-electron chi connectivity index (χ1n) is 5.51. The maximum absolute atomic E-state index is 5.73. The summed E-state index contributed by atoms with van der Waals surface area (Å²) in [6.07, 6.45) is 3.96. The van der Waals surface area contributed by atoms with Crippen LogP contribution in [-0.2, 0) is 5.41 Å². The quantitative estimate of drug-likeness (QED) is 0.661. The summed E-state index contributed by atoms with van der Waals surface area (Å²) in [7, 11) is 0. The number of rotatable bonds is 4. The predicted molar refractivity (Wildman–Crippen MR) is 59.7 cm³/mol. The summed E-state index contributed by atoms with van der Waals surface area (Å²) in [5.41, 5.74) is 2.19. The van der Waals surface area contributed by atoms with Gasteiger partial charge in [-0.05, 0) is 36.7 Å². The second-order valence-corrected chi connectivity index (χ2v) is 5.03. The van der Waals surface area contributed by atoms with E-state index in [1.807, 2.05) is 0 Å². The van der Waals surface area contributed by atoms with E-state index >= 15 is 0 Å². The monoisotopic (exact) mass is 206 g/mol. The Morgan fingerprint density at radius 3 is 2.71 bits per heavy atom. The number of fused-ring (bicyclic) bond motifs is 1. The van der Waals surface area contributed by atoms with Gasteiger partial charge in [0, 0.05) is 11.3 Å². The Morgan fingerprint density at radius 1 is 1.29 bits per heavy atom. The molecule has 2 fully saturated rings. The Morgan fingerprint density at radius 2 is 2.07 bits per heavy atom. The molecule has 1 unspecified atom stereocenters. The molecule has 2 aliphatic rings. The van der Waals surface area contributed by atoms with Crippen molar-refractivity contribution in [2.75, 3.05) is 5.88 Å². The van der Waals surface area contributed by atoms with Crippen LogP contribution in [0.3, 0.4) is 0 Å². The highest BCUT2D eigenvalue weighted by atomic mass is 35.5. The zero-order chi connectivity index (χ0) is 9.60. The van der Waals surface area contributed by atoms with Crippen LogP contribution in [0.15, 0.2) is 30.3 Å². The molecule has 3 atom stereocenters. The van der Waals surface area contributed by atoms with Gasteiger partial charge in [0.15, 0.2) is 0 Å².